The lowest BCUT2D eigenvalue weighted by molar-refractivity contribution is -0.126. The van der Waals surface area contributed by atoms with Crippen molar-refractivity contribution in [3.05, 3.63) is 0 Å². The van der Waals surface area contributed by atoms with E-state index in [1.54, 1.807) is 13.8 Å². The van der Waals surface area contributed by atoms with Gasteiger partial charge in [0.2, 0.25) is 5.91 Å². The first kappa shape index (κ1) is 13.5. The molecule has 0 aliphatic heterocycles. The van der Waals surface area contributed by atoms with Crippen LogP contribution in [0.15, 0.2) is 0 Å². The SMILES string of the molecule is CN(C)C1CCCC(NC(=O)C(C)(C)N)C1. The van der Waals surface area contributed by atoms with E-state index in [0.29, 0.717) is 6.04 Å². The van der Waals surface area contributed by atoms with Crippen LogP contribution in [0.2, 0.25) is 0 Å². The van der Waals surface area contributed by atoms with Crippen LogP contribution >= 0.6 is 0 Å². The van der Waals surface area contributed by atoms with Crippen molar-refractivity contribution in [2.24, 2.45) is 5.73 Å². The molecule has 1 saturated carbocycles. The van der Waals surface area contributed by atoms with Gasteiger partial charge < -0.3 is 16.0 Å². The maximum absolute atomic E-state index is 11.8. The molecule has 0 aromatic heterocycles. The van der Waals surface area contributed by atoms with Gasteiger partial charge in [-0.25, -0.2) is 0 Å². The molecule has 1 amide bonds. The summed E-state index contributed by atoms with van der Waals surface area (Å²) in [6, 6.07) is 0.872. The van der Waals surface area contributed by atoms with Crippen LogP contribution in [-0.4, -0.2) is 42.5 Å². The van der Waals surface area contributed by atoms with E-state index in [2.05, 4.69) is 24.3 Å². The number of carbonyl (C=O) groups is 1. The van der Waals surface area contributed by atoms with E-state index in [1.165, 1.54) is 12.8 Å². The molecule has 1 aliphatic carbocycles. The Balaban J connectivity index is 2.46. The smallest absolute Gasteiger partial charge is 0.239 e. The van der Waals surface area contributed by atoms with Crippen molar-refractivity contribution >= 4 is 5.91 Å². The van der Waals surface area contributed by atoms with Crippen LogP contribution in [0, 0.1) is 0 Å². The Morgan fingerprint density at radius 3 is 2.50 bits per heavy atom. The number of hydrogen-bond donors (Lipinski definition) is 2. The minimum atomic E-state index is -0.773. The summed E-state index contributed by atoms with van der Waals surface area (Å²) < 4.78 is 0. The molecular formula is C12H25N3O. The zero-order valence-electron chi connectivity index (χ0n) is 10.9. The quantitative estimate of drug-likeness (QED) is 0.746. The molecule has 4 nitrogen and oxygen atoms in total. The Kier molecular flexibility index (Phi) is 4.33. The third kappa shape index (κ3) is 3.76. The summed E-state index contributed by atoms with van der Waals surface area (Å²) in [5, 5.41) is 3.05. The standard InChI is InChI=1S/C12H25N3O/c1-12(2,13)11(16)14-9-6-5-7-10(8-9)15(3)4/h9-10H,5-8,13H2,1-4H3,(H,14,16). The number of nitrogens with zero attached hydrogens (tertiary/aromatic N) is 1. The normalized spacial score (nSPS) is 26.9. The van der Waals surface area contributed by atoms with Gasteiger partial charge in [0.15, 0.2) is 0 Å². The largest absolute Gasteiger partial charge is 0.352 e. The van der Waals surface area contributed by atoms with Gasteiger partial charge in [-0.3, -0.25) is 4.79 Å². The highest BCUT2D eigenvalue weighted by atomic mass is 16.2. The monoisotopic (exact) mass is 227 g/mol. The Bertz CT molecular complexity index is 245. The number of amides is 1. The molecular weight excluding hydrogens is 202 g/mol. The first-order valence-electron chi connectivity index (χ1n) is 6.07. The molecule has 0 heterocycles. The van der Waals surface area contributed by atoms with Crippen molar-refractivity contribution in [2.45, 2.75) is 57.2 Å². The Morgan fingerprint density at radius 2 is 2.00 bits per heavy atom. The molecule has 0 bridgehead atoms. The number of rotatable bonds is 3. The van der Waals surface area contributed by atoms with Gasteiger partial charge in [0.25, 0.3) is 0 Å². The zero-order valence-corrected chi connectivity index (χ0v) is 10.9. The number of hydrogen-bond acceptors (Lipinski definition) is 3. The number of nitrogens with one attached hydrogen (secondary N) is 1. The Labute approximate surface area is 98.6 Å². The van der Waals surface area contributed by atoms with Crippen molar-refractivity contribution < 1.29 is 4.79 Å². The first-order chi connectivity index (χ1) is 7.30. The highest BCUT2D eigenvalue weighted by Crippen LogP contribution is 2.21. The van der Waals surface area contributed by atoms with Gasteiger partial charge in [0.05, 0.1) is 5.54 Å². The number of carbonyl (C=O) groups excluding carboxylic acids is 1. The lowest BCUT2D eigenvalue weighted by atomic mass is 9.89. The second-order valence-corrected chi connectivity index (χ2v) is 5.68. The van der Waals surface area contributed by atoms with Crippen molar-refractivity contribution in [2.75, 3.05) is 14.1 Å². The van der Waals surface area contributed by atoms with Crippen LogP contribution in [0.1, 0.15) is 39.5 Å². The summed E-state index contributed by atoms with van der Waals surface area (Å²) in [4.78, 5) is 14.0. The van der Waals surface area contributed by atoms with Crippen LogP contribution in [0.5, 0.6) is 0 Å². The van der Waals surface area contributed by atoms with Gasteiger partial charge in [-0.2, -0.15) is 0 Å². The van der Waals surface area contributed by atoms with E-state index < -0.39 is 5.54 Å². The predicted molar refractivity (Wildman–Crippen MR) is 66.1 cm³/mol. The van der Waals surface area contributed by atoms with Crippen LogP contribution in [0.4, 0.5) is 0 Å². The van der Waals surface area contributed by atoms with Crippen LogP contribution in [0.25, 0.3) is 0 Å². The van der Waals surface area contributed by atoms with E-state index >= 15 is 0 Å². The van der Waals surface area contributed by atoms with E-state index in [1.807, 2.05) is 0 Å². The molecule has 4 heteroatoms. The molecule has 0 radical (unpaired) electrons. The molecule has 0 spiro atoms. The third-order valence-electron chi connectivity index (χ3n) is 3.30. The summed E-state index contributed by atoms with van der Waals surface area (Å²) in [5.41, 5.74) is 5.00. The van der Waals surface area contributed by atoms with Gasteiger partial charge in [-0.1, -0.05) is 0 Å². The Morgan fingerprint density at radius 1 is 1.38 bits per heavy atom. The topological polar surface area (TPSA) is 58.4 Å². The summed E-state index contributed by atoms with van der Waals surface area (Å²) in [6.45, 7) is 3.49. The molecule has 1 rings (SSSR count). The van der Waals surface area contributed by atoms with Gasteiger partial charge in [-0.05, 0) is 53.6 Å². The minimum absolute atomic E-state index is 0.0445. The summed E-state index contributed by atoms with van der Waals surface area (Å²) in [7, 11) is 4.20. The van der Waals surface area contributed by atoms with E-state index in [4.69, 9.17) is 5.73 Å². The summed E-state index contributed by atoms with van der Waals surface area (Å²) >= 11 is 0. The zero-order chi connectivity index (χ0) is 12.3. The summed E-state index contributed by atoms with van der Waals surface area (Å²) in [6.07, 6.45) is 4.52. The van der Waals surface area contributed by atoms with Gasteiger partial charge in [0.1, 0.15) is 0 Å². The fourth-order valence-electron chi connectivity index (χ4n) is 2.14. The maximum Gasteiger partial charge on any atom is 0.239 e. The van der Waals surface area contributed by atoms with Crippen LogP contribution < -0.4 is 11.1 Å². The molecule has 2 atom stereocenters. The minimum Gasteiger partial charge on any atom is -0.352 e. The molecule has 3 N–H and O–H groups in total. The fraction of sp³-hybridized carbons (Fsp3) is 0.917. The van der Waals surface area contributed by atoms with Gasteiger partial charge in [-0.15, -0.1) is 0 Å². The van der Waals surface area contributed by atoms with Crippen molar-refractivity contribution in [3.8, 4) is 0 Å². The second-order valence-electron chi connectivity index (χ2n) is 5.68. The predicted octanol–water partition coefficient (Wildman–Crippen LogP) is 0.713. The fourth-order valence-corrected chi connectivity index (χ4v) is 2.14. The van der Waals surface area contributed by atoms with E-state index in [9.17, 15) is 4.79 Å². The number of nitrogens with two attached hydrogens (primary N) is 1. The highest BCUT2D eigenvalue weighted by molar-refractivity contribution is 5.85. The highest BCUT2D eigenvalue weighted by Gasteiger charge is 2.28. The molecule has 0 aromatic rings. The lowest BCUT2D eigenvalue weighted by Gasteiger charge is -2.34. The van der Waals surface area contributed by atoms with Gasteiger partial charge in [0, 0.05) is 12.1 Å². The van der Waals surface area contributed by atoms with E-state index in [-0.39, 0.29) is 11.9 Å². The second kappa shape index (κ2) is 5.15. The van der Waals surface area contributed by atoms with Gasteiger partial charge >= 0.3 is 0 Å². The molecule has 16 heavy (non-hydrogen) atoms. The van der Waals surface area contributed by atoms with Crippen molar-refractivity contribution in [3.63, 3.8) is 0 Å². The Hall–Kier alpha value is -0.610. The lowest BCUT2D eigenvalue weighted by Crippen LogP contribution is -2.54. The van der Waals surface area contributed by atoms with Crippen LogP contribution in [0.3, 0.4) is 0 Å². The molecule has 1 fully saturated rings. The summed E-state index contributed by atoms with van der Waals surface area (Å²) in [5.74, 6) is -0.0445. The van der Waals surface area contributed by atoms with Crippen molar-refractivity contribution in [1.82, 2.24) is 10.2 Å². The molecule has 2 unspecified atom stereocenters. The molecule has 0 aromatic carbocycles. The third-order valence-corrected chi connectivity index (χ3v) is 3.30. The van der Waals surface area contributed by atoms with Crippen molar-refractivity contribution in [1.29, 1.82) is 0 Å². The molecule has 0 saturated heterocycles. The van der Waals surface area contributed by atoms with E-state index in [0.717, 1.165) is 12.8 Å². The van der Waals surface area contributed by atoms with Crippen LogP contribution in [-0.2, 0) is 4.79 Å². The molecule has 94 valence electrons. The molecule has 1 aliphatic rings. The average molecular weight is 227 g/mol. The first-order valence-corrected chi connectivity index (χ1v) is 6.07. The average Bonchev–Trinajstić information content (AvgIpc) is 2.16. The maximum atomic E-state index is 11.8.